The minimum atomic E-state index is 1.13. The van der Waals surface area contributed by atoms with E-state index < -0.39 is 0 Å². The van der Waals surface area contributed by atoms with Crippen molar-refractivity contribution in [3.63, 3.8) is 0 Å². The minimum Gasteiger partial charge on any atom is -0.345 e. The summed E-state index contributed by atoms with van der Waals surface area (Å²) < 4.78 is 2.48. The van der Waals surface area contributed by atoms with E-state index in [2.05, 4.69) is 49.6 Å². The van der Waals surface area contributed by atoms with Crippen molar-refractivity contribution in [3.8, 4) is 0 Å². The SMILES string of the molecule is CCCCn1c(C)c(CC)c2ccccc21. The second-order valence-electron chi connectivity index (χ2n) is 4.44. The summed E-state index contributed by atoms with van der Waals surface area (Å²) in [6.45, 7) is 7.91. The van der Waals surface area contributed by atoms with Gasteiger partial charge in [-0.1, -0.05) is 38.5 Å². The Bertz CT molecular complexity index is 479. The molecule has 1 nitrogen and oxygen atoms in total. The topological polar surface area (TPSA) is 4.93 Å². The molecular weight excluding hydrogens is 194 g/mol. The van der Waals surface area contributed by atoms with Crippen LogP contribution in [0, 0.1) is 6.92 Å². The third-order valence-electron chi connectivity index (χ3n) is 3.45. The van der Waals surface area contributed by atoms with Gasteiger partial charge >= 0.3 is 0 Å². The molecule has 1 heterocycles. The lowest BCUT2D eigenvalue weighted by Crippen LogP contribution is -2.00. The van der Waals surface area contributed by atoms with Crippen molar-refractivity contribution in [2.45, 2.75) is 46.6 Å². The summed E-state index contributed by atoms with van der Waals surface area (Å²) in [6.07, 6.45) is 3.65. The molecule has 2 rings (SSSR count). The van der Waals surface area contributed by atoms with Gasteiger partial charge in [-0.2, -0.15) is 0 Å². The Morgan fingerprint density at radius 3 is 2.56 bits per heavy atom. The smallest absolute Gasteiger partial charge is 0.0485 e. The largest absolute Gasteiger partial charge is 0.345 e. The van der Waals surface area contributed by atoms with Crippen LogP contribution in [-0.4, -0.2) is 4.57 Å². The maximum absolute atomic E-state index is 2.48. The molecule has 1 aromatic carbocycles. The van der Waals surface area contributed by atoms with Crippen LogP contribution in [0.3, 0.4) is 0 Å². The van der Waals surface area contributed by atoms with Crippen LogP contribution in [0.5, 0.6) is 0 Å². The molecule has 0 aliphatic rings. The van der Waals surface area contributed by atoms with Crippen molar-refractivity contribution in [2.24, 2.45) is 0 Å². The Labute approximate surface area is 98.1 Å². The van der Waals surface area contributed by atoms with Crippen molar-refractivity contribution in [3.05, 3.63) is 35.5 Å². The summed E-state index contributed by atoms with van der Waals surface area (Å²) >= 11 is 0. The predicted molar refractivity (Wildman–Crippen MR) is 71.0 cm³/mol. The Morgan fingerprint density at radius 2 is 1.88 bits per heavy atom. The molecule has 0 spiro atoms. The summed E-state index contributed by atoms with van der Waals surface area (Å²) in [5.41, 5.74) is 4.38. The van der Waals surface area contributed by atoms with Gasteiger partial charge in [0, 0.05) is 23.1 Å². The lowest BCUT2D eigenvalue weighted by molar-refractivity contribution is 0.635. The molecular formula is C15H21N. The van der Waals surface area contributed by atoms with Crippen LogP contribution >= 0.6 is 0 Å². The van der Waals surface area contributed by atoms with Crippen molar-refractivity contribution >= 4 is 10.9 Å². The van der Waals surface area contributed by atoms with Gasteiger partial charge in [0.1, 0.15) is 0 Å². The van der Waals surface area contributed by atoms with Gasteiger partial charge in [-0.3, -0.25) is 0 Å². The van der Waals surface area contributed by atoms with Gasteiger partial charge in [0.05, 0.1) is 0 Å². The second-order valence-corrected chi connectivity index (χ2v) is 4.44. The summed E-state index contributed by atoms with van der Waals surface area (Å²) in [5, 5.41) is 1.44. The standard InChI is InChI=1S/C15H21N/c1-4-6-11-16-12(3)13(5-2)14-9-7-8-10-15(14)16/h7-10H,4-6,11H2,1-3H3. The third-order valence-corrected chi connectivity index (χ3v) is 3.45. The number of para-hydroxylation sites is 1. The highest BCUT2D eigenvalue weighted by Crippen LogP contribution is 2.26. The first kappa shape index (κ1) is 11.3. The van der Waals surface area contributed by atoms with Crippen LogP contribution < -0.4 is 0 Å². The third kappa shape index (κ3) is 1.75. The molecule has 0 unspecified atom stereocenters. The minimum absolute atomic E-state index is 1.13. The molecule has 0 saturated heterocycles. The van der Waals surface area contributed by atoms with Crippen LogP contribution in [0.1, 0.15) is 37.9 Å². The summed E-state index contributed by atoms with van der Waals surface area (Å²) in [5.74, 6) is 0. The molecule has 0 amide bonds. The van der Waals surface area contributed by atoms with Crippen molar-refractivity contribution < 1.29 is 0 Å². The zero-order valence-corrected chi connectivity index (χ0v) is 10.6. The highest BCUT2D eigenvalue weighted by atomic mass is 15.0. The van der Waals surface area contributed by atoms with Crippen LogP contribution in [-0.2, 0) is 13.0 Å². The van der Waals surface area contributed by atoms with Crippen LogP contribution in [0.4, 0.5) is 0 Å². The van der Waals surface area contributed by atoms with Gasteiger partial charge in [0.2, 0.25) is 0 Å². The quantitative estimate of drug-likeness (QED) is 0.716. The molecule has 0 atom stereocenters. The molecule has 2 aromatic rings. The normalized spacial score (nSPS) is 11.2. The Balaban J connectivity index is 2.58. The number of aryl methyl sites for hydroxylation is 2. The highest BCUT2D eigenvalue weighted by molar-refractivity contribution is 5.85. The number of hydrogen-bond donors (Lipinski definition) is 0. The van der Waals surface area contributed by atoms with Gasteiger partial charge in [-0.05, 0) is 31.4 Å². The summed E-state index contributed by atoms with van der Waals surface area (Å²) in [7, 11) is 0. The van der Waals surface area contributed by atoms with Crippen LogP contribution in [0.25, 0.3) is 10.9 Å². The lowest BCUT2D eigenvalue weighted by Gasteiger charge is -2.07. The molecule has 1 aromatic heterocycles. The Morgan fingerprint density at radius 1 is 1.12 bits per heavy atom. The number of nitrogens with zero attached hydrogens (tertiary/aromatic N) is 1. The molecule has 1 heteroatoms. The highest BCUT2D eigenvalue weighted by Gasteiger charge is 2.10. The summed E-state index contributed by atoms with van der Waals surface area (Å²) in [6, 6.07) is 8.79. The van der Waals surface area contributed by atoms with E-state index in [1.165, 1.54) is 35.0 Å². The van der Waals surface area contributed by atoms with E-state index >= 15 is 0 Å². The van der Waals surface area contributed by atoms with E-state index in [4.69, 9.17) is 0 Å². The lowest BCUT2D eigenvalue weighted by atomic mass is 10.1. The zero-order valence-electron chi connectivity index (χ0n) is 10.6. The van der Waals surface area contributed by atoms with E-state index in [9.17, 15) is 0 Å². The monoisotopic (exact) mass is 215 g/mol. The maximum Gasteiger partial charge on any atom is 0.0485 e. The molecule has 86 valence electrons. The van der Waals surface area contributed by atoms with E-state index in [1.54, 1.807) is 0 Å². The first-order valence-electron chi connectivity index (χ1n) is 6.36. The number of rotatable bonds is 4. The van der Waals surface area contributed by atoms with Gasteiger partial charge in [0.15, 0.2) is 0 Å². The van der Waals surface area contributed by atoms with Gasteiger partial charge in [-0.15, -0.1) is 0 Å². The molecule has 0 fully saturated rings. The maximum atomic E-state index is 2.48. The van der Waals surface area contributed by atoms with Crippen molar-refractivity contribution in [1.29, 1.82) is 0 Å². The van der Waals surface area contributed by atoms with Crippen molar-refractivity contribution in [2.75, 3.05) is 0 Å². The first-order valence-corrected chi connectivity index (χ1v) is 6.36. The van der Waals surface area contributed by atoms with Gasteiger partial charge in [0.25, 0.3) is 0 Å². The molecule has 0 aliphatic carbocycles. The van der Waals surface area contributed by atoms with Gasteiger partial charge < -0.3 is 4.57 Å². The average Bonchev–Trinajstić information content (AvgIpc) is 2.58. The Hall–Kier alpha value is -1.24. The zero-order chi connectivity index (χ0) is 11.5. The van der Waals surface area contributed by atoms with E-state index in [-0.39, 0.29) is 0 Å². The molecule has 0 aliphatic heterocycles. The fraction of sp³-hybridized carbons (Fsp3) is 0.467. The van der Waals surface area contributed by atoms with Crippen LogP contribution in [0.15, 0.2) is 24.3 Å². The van der Waals surface area contributed by atoms with Gasteiger partial charge in [-0.25, -0.2) is 0 Å². The molecule has 0 saturated carbocycles. The second kappa shape index (κ2) is 4.73. The van der Waals surface area contributed by atoms with E-state index in [1.807, 2.05) is 0 Å². The van der Waals surface area contributed by atoms with E-state index in [0.717, 1.165) is 13.0 Å². The molecule has 0 bridgehead atoms. The average molecular weight is 215 g/mol. The predicted octanol–water partition coefficient (Wildman–Crippen LogP) is 4.31. The number of aromatic nitrogens is 1. The number of benzene rings is 1. The van der Waals surface area contributed by atoms with Crippen molar-refractivity contribution in [1.82, 2.24) is 4.57 Å². The Kier molecular flexibility index (Phi) is 3.33. The molecule has 16 heavy (non-hydrogen) atoms. The van der Waals surface area contributed by atoms with Crippen LogP contribution in [0.2, 0.25) is 0 Å². The molecule has 0 N–H and O–H groups in total. The number of hydrogen-bond acceptors (Lipinski definition) is 0. The number of unbranched alkanes of at least 4 members (excludes halogenated alkanes) is 1. The summed E-state index contributed by atoms with van der Waals surface area (Å²) in [4.78, 5) is 0. The fourth-order valence-electron chi connectivity index (χ4n) is 2.55. The number of fused-ring (bicyclic) bond motifs is 1. The fourth-order valence-corrected chi connectivity index (χ4v) is 2.55. The van der Waals surface area contributed by atoms with E-state index in [0.29, 0.717) is 0 Å². The first-order chi connectivity index (χ1) is 7.79. The molecule has 0 radical (unpaired) electrons.